The summed E-state index contributed by atoms with van der Waals surface area (Å²) < 4.78 is 0. The topological polar surface area (TPSA) is 24.9 Å². The van der Waals surface area contributed by atoms with E-state index >= 15 is 0 Å². The highest BCUT2D eigenvalue weighted by atomic mass is 14.9. The first-order valence-corrected chi connectivity index (χ1v) is 7.04. The lowest BCUT2D eigenvalue weighted by Crippen LogP contribution is -2.28. The molecule has 1 aromatic heterocycles. The molecule has 1 aliphatic carbocycles. The van der Waals surface area contributed by atoms with Crippen LogP contribution in [0.1, 0.15) is 56.8 Å². The predicted octanol–water partition coefficient (Wildman–Crippen LogP) is 3.48. The lowest BCUT2D eigenvalue weighted by atomic mass is 9.91. The summed E-state index contributed by atoms with van der Waals surface area (Å²) in [6.45, 7) is 5.44. The Bertz CT molecular complexity index is 343. The van der Waals surface area contributed by atoms with Crippen molar-refractivity contribution in [2.75, 3.05) is 6.54 Å². The number of rotatable bonds is 5. The van der Waals surface area contributed by atoms with Crippen molar-refractivity contribution in [2.45, 2.75) is 52.0 Å². The molecule has 0 aliphatic heterocycles. The van der Waals surface area contributed by atoms with Gasteiger partial charge in [-0.2, -0.15) is 0 Å². The molecular weight excluding hydrogens is 208 g/mol. The summed E-state index contributed by atoms with van der Waals surface area (Å²) in [5.41, 5.74) is 2.70. The Balaban J connectivity index is 2.24. The summed E-state index contributed by atoms with van der Waals surface area (Å²) in [5, 5.41) is 3.65. The second kappa shape index (κ2) is 6.15. The standard InChI is InChI=1S/C15H24N2/c1-3-12-10-7-11-17-14(12)15(16-4-2)13-8-5-6-9-13/h7,10-11,13,15-16H,3-6,8-9H2,1-2H3. The van der Waals surface area contributed by atoms with Crippen molar-refractivity contribution >= 4 is 0 Å². The molecule has 1 saturated carbocycles. The van der Waals surface area contributed by atoms with Crippen molar-refractivity contribution in [3.63, 3.8) is 0 Å². The highest BCUT2D eigenvalue weighted by molar-refractivity contribution is 5.23. The molecule has 1 N–H and O–H groups in total. The summed E-state index contributed by atoms with van der Waals surface area (Å²) in [6.07, 6.45) is 8.52. The molecule has 2 heteroatoms. The summed E-state index contributed by atoms with van der Waals surface area (Å²) in [5.74, 6) is 0.787. The fourth-order valence-corrected chi connectivity index (χ4v) is 3.03. The van der Waals surface area contributed by atoms with Gasteiger partial charge in [0.25, 0.3) is 0 Å². The van der Waals surface area contributed by atoms with E-state index < -0.39 is 0 Å². The summed E-state index contributed by atoms with van der Waals surface area (Å²) in [4.78, 5) is 4.65. The van der Waals surface area contributed by atoms with Crippen molar-refractivity contribution in [3.05, 3.63) is 29.6 Å². The molecule has 0 spiro atoms. The average Bonchev–Trinajstić information content (AvgIpc) is 2.89. The molecule has 17 heavy (non-hydrogen) atoms. The molecule has 0 aromatic carbocycles. The molecule has 0 bridgehead atoms. The molecular formula is C15H24N2. The molecule has 1 aromatic rings. The number of nitrogens with one attached hydrogen (secondary N) is 1. The third-order valence-electron chi connectivity index (χ3n) is 3.90. The fraction of sp³-hybridized carbons (Fsp3) is 0.667. The number of pyridine rings is 1. The van der Waals surface area contributed by atoms with E-state index in [4.69, 9.17) is 0 Å². The van der Waals surface area contributed by atoms with Crippen LogP contribution >= 0.6 is 0 Å². The second-order valence-electron chi connectivity index (χ2n) is 4.98. The van der Waals surface area contributed by atoms with Gasteiger partial charge in [0.1, 0.15) is 0 Å². The smallest absolute Gasteiger partial charge is 0.0607 e. The van der Waals surface area contributed by atoms with E-state index in [-0.39, 0.29) is 0 Å². The average molecular weight is 232 g/mol. The maximum Gasteiger partial charge on any atom is 0.0607 e. The van der Waals surface area contributed by atoms with E-state index in [1.54, 1.807) is 0 Å². The molecule has 0 radical (unpaired) electrons. The van der Waals surface area contributed by atoms with Crippen LogP contribution in [0.2, 0.25) is 0 Å². The zero-order chi connectivity index (χ0) is 12.1. The first kappa shape index (κ1) is 12.6. The lowest BCUT2D eigenvalue weighted by molar-refractivity contribution is 0.365. The van der Waals surface area contributed by atoms with Gasteiger partial charge in [0.15, 0.2) is 0 Å². The Morgan fingerprint density at radius 3 is 2.76 bits per heavy atom. The molecule has 1 unspecified atom stereocenters. The van der Waals surface area contributed by atoms with Gasteiger partial charge in [-0.15, -0.1) is 0 Å². The van der Waals surface area contributed by atoms with Crippen LogP contribution in [0.25, 0.3) is 0 Å². The zero-order valence-corrected chi connectivity index (χ0v) is 11.1. The molecule has 1 fully saturated rings. The fourth-order valence-electron chi connectivity index (χ4n) is 3.03. The number of aryl methyl sites for hydroxylation is 1. The minimum Gasteiger partial charge on any atom is -0.309 e. The second-order valence-corrected chi connectivity index (χ2v) is 4.98. The minimum atomic E-state index is 0.471. The van der Waals surface area contributed by atoms with Crippen LogP contribution in [0, 0.1) is 5.92 Å². The number of hydrogen-bond acceptors (Lipinski definition) is 2. The van der Waals surface area contributed by atoms with E-state index in [1.165, 1.54) is 36.9 Å². The van der Waals surface area contributed by atoms with Crippen LogP contribution in [-0.4, -0.2) is 11.5 Å². The van der Waals surface area contributed by atoms with E-state index in [9.17, 15) is 0 Å². The SMILES string of the molecule is CCNC(c1ncccc1CC)C1CCCC1. The quantitative estimate of drug-likeness (QED) is 0.840. The maximum absolute atomic E-state index is 4.65. The van der Waals surface area contributed by atoms with Gasteiger partial charge in [-0.3, -0.25) is 4.98 Å². The summed E-state index contributed by atoms with van der Waals surface area (Å²) in [6, 6.07) is 4.75. The molecule has 1 heterocycles. The van der Waals surface area contributed by atoms with Crippen molar-refractivity contribution in [1.82, 2.24) is 10.3 Å². The van der Waals surface area contributed by atoms with Crippen LogP contribution in [0.3, 0.4) is 0 Å². The largest absolute Gasteiger partial charge is 0.309 e. The van der Waals surface area contributed by atoms with E-state index in [0.717, 1.165) is 18.9 Å². The van der Waals surface area contributed by atoms with Crippen molar-refractivity contribution in [2.24, 2.45) is 5.92 Å². The van der Waals surface area contributed by atoms with Crippen LogP contribution in [0.15, 0.2) is 18.3 Å². The Morgan fingerprint density at radius 1 is 1.35 bits per heavy atom. The summed E-state index contributed by atoms with van der Waals surface area (Å²) >= 11 is 0. The Morgan fingerprint density at radius 2 is 2.12 bits per heavy atom. The van der Waals surface area contributed by atoms with Crippen LogP contribution < -0.4 is 5.32 Å². The van der Waals surface area contributed by atoms with Crippen LogP contribution in [0.4, 0.5) is 0 Å². The van der Waals surface area contributed by atoms with Gasteiger partial charge < -0.3 is 5.32 Å². The molecule has 0 amide bonds. The minimum absolute atomic E-state index is 0.471. The van der Waals surface area contributed by atoms with Crippen molar-refractivity contribution < 1.29 is 0 Å². The monoisotopic (exact) mass is 232 g/mol. The van der Waals surface area contributed by atoms with E-state index in [2.05, 4.69) is 36.3 Å². The van der Waals surface area contributed by atoms with Crippen LogP contribution in [-0.2, 0) is 6.42 Å². The number of nitrogens with zero attached hydrogens (tertiary/aromatic N) is 1. The van der Waals surface area contributed by atoms with Crippen LogP contribution in [0.5, 0.6) is 0 Å². The third-order valence-corrected chi connectivity index (χ3v) is 3.90. The van der Waals surface area contributed by atoms with Gasteiger partial charge in [0, 0.05) is 6.20 Å². The zero-order valence-electron chi connectivity index (χ0n) is 11.1. The lowest BCUT2D eigenvalue weighted by Gasteiger charge is -2.25. The molecule has 94 valence electrons. The molecule has 2 nitrogen and oxygen atoms in total. The van der Waals surface area contributed by atoms with E-state index in [0.29, 0.717) is 6.04 Å². The van der Waals surface area contributed by atoms with Crippen molar-refractivity contribution in [1.29, 1.82) is 0 Å². The highest BCUT2D eigenvalue weighted by Crippen LogP contribution is 2.36. The molecule has 2 rings (SSSR count). The Kier molecular flexibility index (Phi) is 4.55. The first-order chi connectivity index (χ1) is 8.36. The normalized spacial score (nSPS) is 18.5. The van der Waals surface area contributed by atoms with E-state index in [1.807, 2.05) is 6.20 Å². The Hall–Kier alpha value is -0.890. The van der Waals surface area contributed by atoms with Gasteiger partial charge in [-0.25, -0.2) is 0 Å². The molecule has 1 atom stereocenters. The van der Waals surface area contributed by atoms with Gasteiger partial charge in [-0.05, 0) is 43.4 Å². The number of aromatic nitrogens is 1. The van der Waals surface area contributed by atoms with Gasteiger partial charge in [0.05, 0.1) is 11.7 Å². The molecule has 1 aliphatic rings. The van der Waals surface area contributed by atoms with Gasteiger partial charge in [0.2, 0.25) is 0 Å². The van der Waals surface area contributed by atoms with Crippen molar-refractivity contribution in [3.8, 4) is 0 Å². The number of hydrogen-bond donors (Lipinski definition) is 1. The van der Waals surface area contributed by atoms with Gasteiger partial charge in [-0.1, -0.05) is 32.8 Å². The predicted molar refractivity (Wildman–Crippen MR) is 72.0 cm³/mol. The first-order valence-electron chi connectivity index (χ1n) is 7.04. The summed E-state index contributed by atoms with van der Waals surface area (Å²) in [7, 11) is 0. The Labute approximate surface area is 105 Å². The third kappa shape index (κ3) is 2.86. The molecule has 0 saturated heterocycles. The van der Waals surface area contributed by atoms with Gasteiger partial charge >= 0.3 is 0 Å². The maximum atomic E-state index is 4.65. The highest BCUT2D eigenvalue weighted by Gasteiger charge is 2.27.